The minimum atomic E-state index is -0.947. The van der Waals surface area contributed by atoms with Gasteiger partial charge in [-0.2, -0.15) is 0 Å². The lowest BCUT2D eigenvalue weighted by Gasteiger charge is -2.05. The predicted octanol–water partition coefficient (Wildman–Crippen LogP) is 6.24. The van der Waals surface area contributed by atoms with Crippen LogP contribution < -0.4 is 0 Å². The molecule has 3 rings (SSSR count). The van der Waals surface area contributed by atoms with E-state index >= 15 is 0 Å². The standard InChI is InChI=1S/C19H16F3NS/c1-2-3-4-14-11-23-19(24-14)15-7-5-12(9-17(15)21)13-6-8-16(20)18(22)10-13/h5-11H,2-4H2,1H3. The molecule has 2 aromatic carbocycles. The smallest absolute Gasteiger partial charge is 0.159 e. The molecule has 0 saturated carbocycles. The second kappa shape index (κ2) is 7.18. The summed E-state index contributed by atoms with van der Waals surface area (Å²) >= 11 is 1.49. The number of aryl methyl sites for hydroxylation is 1. The third-order valence-corrected chi connectivity index (χ3v) is 4.87. The molecular weight excluding hydrogens is 331 g/mol. The van der Waals surface area contributed by atoms with E-state index in [4.69, 9.17) is 0 Å². The molecule has 24 heavy (non-hydrogen) atoms. The van der Waals surface area contributed by atoms with Crippen molar-refractivity contribution in [1.29, 1.82) is 0 Å². The van der Waals surface area contributed by atoms with Crippen LogP contribution in [0.5, 0.6) is 0 Å². The molecule has 0 aliphatic rings. The first-order valence-electron chi connectivity index (χ1n) is 7.78. The zero-order valence-corrected chi connectivity index (χ0v) is 14.0. The van der Waals surface area contributed by atoms with Crippen LogP contribution in [0, 0.1) is 17.5 Å². The molecule has 0 bridgehead atoms. The van der Waals surface area contributed by atoms with Crippen LogP contribution in [0.25, 0.3) is 21.7 Å². The first-order valence-corrected chi connectivity index (χ1v) is 8.60. The van der Waals surface area contributed by atoms with Gasteiger partial charge in [0.2, 0.25) is 0 Å². The highest BCUT2D eigenvalue weighted by molar-refractivity contribution is 7.15. The largest absolute Gasteiger partial charge is 0.244 e. The van der Waals surface area contributed by atoms with Crippen LogP contribution in [0.3, 0.4) is 0 Å². The summed E-state index contributed by atoms with van der Waals surface area (Å²) in [4.78, 5) is 5.43. The molecule has 1 aromatic heterocycles. The van der Waals surface area contributed by atoms with Gasteiger partial charge in [0.1, 0.15) is 10.8 Å². The Balaban J connectivity index is 1.89. The third-order valence-electron chi connectivity index (χ3n) is 3.78. The molecule has 0 aliphatic carbocycles. The van der Waals surface area contributed by atoms with Crippen molar-refractivity contribution in [1.82, 2.24) is 4.98 Å². The maximum absolute atomic E-state index is 14.5. The second-order valence-electron chi connectivity index (χ2n) is 5.56. The molecule has 0 fully saturated rings. The molecule has 0 N–H and O–H groups in total. The van der Waals surface area contributed by atoms with E-state index in [2.05, 4.69) is 11.9 Å². The Kier molecular flexibility index (Phi) is 5.00. The molecule has 1 heterocycles. The Bertz CT molecular complexity index is 858. The van der Waals surface area contributed by atoms with E-state index in [1.165, 1.54) is 23.5 Å². The van der Waals surface area contributed by atoms with Gasteiger partial charge in [0.15, 0.2) is 11.6 Å². The van der Waals surface area contributed by atoms with Crippen LogP contribution in [0.2, 0.25) is 0 Å². The number of unbranched alkanes of at least 4 members (excludes halogenated alkanes) is 1. The van der Waals surface area contributed by atoms with Crippen LogP contribution in [0.1, 0.15) is 24.6 Å². The van der Waals surface area contributed by atoms with Crippen LogP contribution >= 0.6 is 11.3 Å². The number of nitrogens with zero attached hydrogens (tertiary/aromatic N) is 1. The monoisotopic (exact) mass is 347 g/mol. The van der Waals surface area contributed by atoms with Crippen LogP contribution in [0.15, 0.2) is 42.6 Å². The van der Waals surface area contributed by atoms with Gasteiger partial charge < -0.3 is 0 Å². The van der Waals surface area contributed by atoms with Gasteiger partial charge in [-0.05, 0) is 48.2 Å². The summed E-state index contributed by atoms with van der Waals surface area (Å²) in [6.07, 6.45) is 4.92. The summed E-state index contributed by atoms with van der Waals surface area (Å²) < 4.78 is 40.8. The summed E-state index contributed by atoms with van der Waals surface area (Å²) in [5.74, 6) is -2.29. The van der Waals surface area contributed by atoms with Crippen molar-refractivity contribution >= 4 is 11.3 Å². The number of aromatic nitrogens is 1. The number of halogens is 3. The zero-order chi connectivity index (χ0) is 17.1. The van der Waals surface area contributed by atoms with E-state index in [1.807, 2.05) is 0 Å². The molecule has 3 aromatic rings. The first kappa shape index (κ1) is 16.7. The Hall–Kier alpha value is -2.14. The topological polar surface area (TPSA) is 12.9 Å². The van der Waals surface area contributed by atoms with Crippen LogP contribution in [-0.2, 0) is 6.42 Å². The van der Waals surface area contributed by atoms with E-state index < -0.39 is 17.5 Å². The predicted molar refractivity (Wildman–Crippen MR) is 91.5 cm³/mol. The van der Waals surface area contributed by atoms with Crippen molar-refractivity contribution in [3.63, 3.8) is 0 Å². The summed E-state index contributed by atoms with van der Waals surface area (Å²) in [5, 5.41) is 0.635. The molecule has 0 radical (unpaired) electrons. The lowest BCUT2D eigenvalue weighted by Crippen LogP contribution is -1.88. The number of thiazole rings is 1. The Labute approximate surface area is 142 Å². The molecule has 0 unspecified atom stereocenters. The summed E-state index contributed by atoms with van der Waals surface area (Å²) in [6, 6.07) is 8.19. The van der Waals surface area contributed by atoms with Crippen molar-refractivity contribution in [2.45, 2.75) is 26.2 Å². The fourth-order valence-corrected chi connectivity index (χ4v) is 3.42. The van der Waals surface area contributed by atoms with Gasteiger partial charge in [0.25, 0.3) is 0 Å². The summed E-state index contributed by atoms with van der Waals surface area (Å²) in [7, 11) is 0. The minimum absolute atomic E-state index is 0.423. The number of rotatable bonds is 5. The van der Waals surface area contributed by atoms with E-state index in [-0.39, 0.29) is 0 Å². The third kappa shape index (κ3) is 3.51. The quantitative estimate of drug-likeness (QED) is 0.532. The van der Waals surface area contributed by atoms with Gasteiger partial charge in [-0.15, -0.1) is 11.3 Å². The van der Waals surface area contributed by atoms with Gasteiger partial charge >= 0.3 is 0 Å². The van der Waals surface area contributed by atoms with Crippen molar-refractivity contribution in [2.75, 3.05) is 0 Å². The molecule has 0 aliphatic heterocycles. The van der Waals surface area contributed by atoms with E-state index in [0.717, 1.165) is 36.3 Å². The minimum Gasteiger partial charge on any atom is -0.244 e. The van der Waals surface area contributed by atoms with Crippen molar-refractivity contribution < 1.29 is 13.2 Å². The average molecular weight is 347 g/mol. The first-order chi connectivity index (χ1) is 11.6. The fourth-order valence-electron chi connectivity index (χ4n) is 2.44. The van der Waals surface area contributed by atoms with Gasteiger partial charge in [0, 0.05) is 16.6 Å². The fraction of sp³-hybridized carbons (Fsp3) is 0.211. The molecule has 0 atom stereocenters. The van der Waals surface area contributed by atoms with Gasteiger partial charge in [0.05, 0.1) is 0 Å². The Morgan fingerprint density at radius 1 is 0.917 bits per heavy atom. The Morgan fingerprint density at radius 3 is 2.29 bits per heavy atom. The van der Waals surface area contributed by atoms with Crippen molar-refractivity contribution in [3.05, 3.63) is 64.9 Å². The van der Waals surface area contributed by atoms with Gasteiger partial charge in [-0.3, -0.25) is 0 Å². The number of hydrogen-bond donors (Lipinski definition) is 0. The molecule has 0 spiro atoms. The molecule has 124 valence electrons. The normalized spacial score (nSPS) is 11.0. The highest BCUT2D eigenvalue weighted by Crippen LogP contribution is 2.31. The average Bonchev–Trinajstić information content (AvgIpc) is 3.04. The van der Waals surface area contributed by atoms with Crippen LogP contribution in [0.4, 0.5) is 13.2 Å². The summed E-state index contributed by atoms with van der Waals surface area (Å²) in [6.45, 7) is 2.12. The number of hydrogen-bond acceptors (Lipinski definition) is 2. The van der Waals surface area contributed by atoms with Crippen LogP contribution in [-0.4, -0.2) is 4.98 Å². The molecule has 0 saturated heterocycles. The lowest BCUT2D eigenvalue weighted by atomic mass is 10.0. The molecular formula is C19H16F3NS. The SMILES string of the molecule is CCCCc1cnc(-c2ccc(-c3ccc(F)c(F)c3)cc2F)s1. The Morgan fingerprint density at radius 2 is 1.62 bits per heavy atom. The maximum atomic E-state index is 14.5. The van der Waals surface area contributed by atoms with E-state index in [9.17, 15) is 13.2 Å². The lowest BCUT2D eigenvalue weighted by molar-refractivity contribution is 0.509. The molecule has 5 heteroatoms. The van der Waals surface area contributed by atoms with Gasteiger partial charge in [-0.25, -0.2) is 18.2 Å². The highest BCUT2D eigenvalue weighted by Gasteiger charge is 2.12. The van der Waals surface area contributed by atoms with Crippen molar-refractivity contribution in [2.24, 2.45) is 0 Å². The van der Waals surface area contributed by atoms with Gasteiger partial charge in [-0.1, -0.05) is 25.5 Å². The van der Waals surface area contributed by atoms with E-state index in [0.29, 0.717) is 21.7 Å². The highest BCUT2D eigenvalue weighted by atomic mass is 32.1. The zero-order valence-electron chi connectivity index (χ0n) is 13.2. The number of benzene rings is 2. The van der Waals surface area contributed by atoms with Crippen molar-refractivity contribution in [3.8, 4) is 21.7 Å². The maximum Gasteiger partial charge on any atom is 0.159 e. The van der Waals surface area contributed by atoms with E-state index in [1.54, 1.807) is 18.3 Å². The second-order valence-corrected chi connectivity index (χ2v) is 6.67. The summed E-state index contributed by atoms with van der Waals surface area (Å²) in [5.41, 5.74) is 1.36. The molecule has 1 nitrogen and oxygen atoms in total. The molecule has 0 amide bonds.